The molecule has 7 heteroatoms. The number of unbranched alkanes of at least 4 members (excludes halogenated alkanes) is 3. The Morgan fingerprint density at radius 2 is 1.47 bits per heavy atom. The highest BCUT2D eigenvalue weighted by molar-refractivity contribution is 5.44. The lowest BCUT2D eigenvalue weighted by atomic mass is 10.1. The lowest BCUT2D eigenvalue weighted by molar-refractivity contribution is 0.661. The minimum Gasteiger partial charge on any atom is -0.354 e. The van der Waals surface area contributed by atoms with Gasteiger partial charge in [-0.25, -0.2) is 0 Å². The number of nitrogens with two attached hydrogens (primary N) is 1. The highest BCUT2D eigenvalue weighted by Crippen LogP contribution is 2.17. The van der Waals surface area contributed by atoms with Crippen molar-refractivity contribution in [3.8, 4) is 0 Å². The van der Waals surface area contributed by atoms with E-state index in [1.165, 1.54) is 0 Å². The first kappa shape index (κ1) is 23.9. The molecule has 2 aromatic rings. The van der Waals surface area contributed by atoms with Crippen LogP contribution in [0.25, 0.3) is 0 Å². The van der Waals surface area contributed by atoms with Gasteiger partial charge in [0.15, 0.2) is 0 Å². The zero-order valence-electron chi connectivity index (χ0n) is 19.0. The summed E-state index contributed by atoms with van der Waals surface area (Å²) in [5.74, 6) is 2.00. The number of aromatic nitrogens is 3. The Hall–Kier alpha value is -2.41. The van der Waals surface area contributed by atoms with Gasteiger partial charge in [0.05, 0.1) is 0 Å². The first-order valence-electron chi connectivity index (χ1n) is 11.5. The molecule has 0 amide bonds. The molecule has 4 N–H and O–H groups in total. The summed E-state index contributed by atoms with van der Waals surface area (Å²) < 4.78 is 0. The van der Waals surface area contributed by atoms with Crippen LogP contribution in [0.4, 0.5) is 17.8 Å². The number of hydrogen-bond acceptors (Lipinski definition) is 7. The molecule has 1 heterocycles. The van der Waals surface area contributed by atoms with Crippen LogP contribution in [0.1, 0.15) is 70.4 Å². The second-order valence-electron chi connectivity index (χ2n) is 7.63. The molecule has 0 aliphatic carbocycles. The Morgan fingerprint density at radius 3 is 2.10 bits per heavy atom. The van der Waals surface area contributed by atoms with Crippen molar-refractivity contribution >= 4 is 17.8 Å². The molecular formula is C23H39N7. The van der Waals surface area contributed by atoms with Gasteiger partial charge in [-0.1, -0.05) is 64.3 Å². The molecular weight excluding hydrogens is 374 g/mol. The third-order valence-electron chi connectivity index (χ3n) is 4.96. The van der Waals surface area contributed by atoms with Gasteiger partial charge in [0, 0.05) is 32.7 Å². The molecule has 0 atom stereocenters. The minimum atomic E-state index is 0.541. The molecule has 166 valence electrons. The number of hydrogen-bond donors (Lipinski definition) is 3. The minimum absolute atomic E-state index is 0.541. The van der Waals surface area contributed by atoms with Crippen LogP contribution < -0.4 is 21.3 Å². The third-order valence-corrected chi connectivity index (χ3v) is 4.96. The van der Waals surface area contributed by atoms with E-state index in [0.29, 0.717) is 25.0 Å². The maximum absolute atomic E-state index is 5.77. The largest absolute Gasteiger partial charge is 0.354 e. The van der Waals surface area contributed by atoms with E-state index in [1.54, 1.807) is 0 Å². The maximum atomic E-state index is 5.77. The lowest BCUT2D eigenvalue weighted by Crippen LogP contribution is -2.28. The fourth-order valence-electron chi connectivity index (χ4n) is 3.10. The Balaban J connectivity index is 2.20. The van der Waals surface area contributed by atoms with Crippen LogP contribution in [0, 0.1) is 0 Å². The van der Waals surface area contributed by atoms with E-state index in [2.05, 4.69) is 53.4 Å². The van der Waals surface area contributed by atoms with Crippen molar-refractivity contribution in [3.05, 3.63) is 35.4 Å². The van der Waals surface area contributed by atoms with Crippen LogP contribution in [0.5, 0.6) is 0 Å². The summed E-state index contributed by atoms with van der Waals surface area (Å²) in [5, 5.41) is 6.75. The maximum Gasteiger partial charge on any atom is 0.231 e. The van der Waals surface area contributed by atoms with Crippen molar-refractivity contribution in [2.24, 2.45) is 5.73 Å². The number of benzene rings is 1. The quantitative estimate of drug-likeness (QED) is 0.369. The Morgan fingerprint density at radius 1 is 0.833 bits per heavy atom. The SMILES string of the molecule is CCCCNc1nc(NCc2cccc(CN)c2)nc(N(CCCC)CCCC)n1. The Kier molecular flexibility index (Phi) is 10.9. The van der Waals surface area contributed by atoms with Crippen molar-refractivity contribution in [2.75, 3.05) is 35.2 Å². The van der Waals surface area contributed by atoms with Crippen LogP contribution in [0.15, 0.2) is 24.3 Å². The molecule has 0 spiro atoms. The van der Waals surface area contributed by atoms with E-state index in [1.807, 2.05) is 12.1 Å². The van der Waals surface area contributed by atoms with E-state index in [9.17, 15) is 0 Å². The zero-order chi connectivity index (χ0) is 21.6. The molecule has 0 saturated carbocycles. The second-order valence-corrected chi connectivity index (χ2v) is 7.63. The van der Waals surface area contributed by atoms with Crippen molar-refractivity contribution in [2.45, 2.75) is 72.4 Å². The third kappa shape index (κ3) is 8.14. The van der Waals surface area contributed by atoms with Crippen LogP contribution in [-0.2, 0) is 13.1 Å². The lowest BCUT2D eigenvalue weighted by Gasteiger charge is -2.23. The van der Waals surface area contributed by atoms with Gasteiger partial charge >= 0.3 is 0 Å². The first-order valence-corrected chi connectivity index (χ1v) is 11.5. The van der Waals surface area contributed by atoms with E-state index >= 15 is 0 Å². The summed E-state index contributed by atoms with van der Waals surface area (Å²) in [6, 6.07) is 8.28. The monoisotopic (exact) mass is 413 g/mol. The first-order chi connectivity index (χ1) is 14.7. The molecule has 7 nitrogen and oxygen atoms in total. The summed E-state index contributed by atoms with van der Waals surface area (Å²) in [5.41, 5.74) is 8.05. The van der Waals surface area contributed by atoms with Crippen molar-refractivity contribution in [1.82, 2.24) is 15.0 Å². The van der Waals surface area contributed by atoms with Crippen molar-refractivity contribution in [1.29, 1.82) is 0 Å². The molecule has 0 aliphatic rings. The standard InChI is InChI=1S/C23H39N7/c1-4-7-13-25-21-27-22(26-18-20-12-10-11-19(16-20)17-24)29-23(28-21)30(14-8-5-2)15-9-6-3/h10-12,16H,4-9,13-15,17-18,24H2,1-3H3,(H2,25,26,27,28,29). The summed E-state index contributed by atoms with van der Waals surface area (Å²) in [7, 11) is 0. The molecule has 30 heavy (non-hydrogen) atoms. The average Bonchev–Trinajstić information content (AvgIpc) is 2.78. The predicted octanol–water partition coefficient (Wildman–Crippen LogP) is 4.56. The van der Waals surface area contributed by atoms with Gasteiger partial charge in [0.1, 0.15) is 0 Å². The number of nitrogens with one attached hydrogen (secondary N) is 2. The fraction of sp³-hybridized carbons (Fsp3) is 0.609. The molecule has 2 rings (SSSR count). The summed E-state index contributed by atoms with van der Waals surface area (Å²) >= 11 is 0. The van der Waals surface area contributed by atoms with Crippen molar-refractivity contribution in [3.63, 3.8) is 0 Å². The van der Waals surface area contributed by atoms with Gasteiger partial charge in [-0.3, -0.25) is 0 Å². The summed E-state index contributed by atoms with van der Waals surface area (Å²) in [6.45, 7) is 10.6. The predicted molar refractivity (Wildman–Crippen MR) is 127 cm³/mol. The highest BCUT2D eigenvalue weighted by atomic mass is 15.3. The molecule has 0 radical (unpaired) electrons. The molecule has 1 aromatic heterocycles. The van der Waals surface area contributed by atoms with Crippen LogP contribution in [0.3, 0.4) is 0 Å². The number of rotatable bonds is 15. The van der Waals surface area contributed by atoms with Gasteiger partial charge < -0.3 is 21.3 Å². The number of nitrogens with zero attached hydrogens (tertiary/aromatic N) is 4. The second kappa shape index (κ2) is 13.7. The van der Waals surface area contributed by atoms with Gasteiger partial charge in [0.25, 0.3) is 0 Å². The van der Waals surface area contributed by atoms with E-state index < -0.39 is 0 Å². The van der Waals surface area contributed by atoms with Crippen LogP contribution in [-0.4, -0.2) is 34.6 Å². The molecule has 0 aliphatic heterocycles. The fourth-order valence-corrected chi connectivity index (χ4v) is 3.10. The Bertz CT molecular complexity index is 727. The molecule has 0 saturated heterocycles. The average molecular weight is 414 g/mol. The van der Waals surface area contributed by atoms with Gasteiger partial charge in [-0.2, -0.15) is 15.0 Å². The molecule has 1 aromatic carbocycles. The van der Waals surface area contributed by atoms with Crippen molar-refractivity contribution < 1.29 is 0 Å². The molecule has 0 unspecified atom stereocenters. The smallest absolute Gasteiger partial charge is 0.231 e. The normalized spacial score (nSPS) is 10.8. The van der Waals surface area contributed by atoms with Gasteiger partial charge in [-0.05, 0) is 30.4 Å². The topological polar surface area (TPSA) is 92.0 Å². The molecule has 0 bridgehead atoms. The Labute approximate surface area is 181 Å². The number of anilines is 3. The van der Waals surface area contributed by atoms with Crippen LogP contribution >= 0.6 is 0 Å². The van der Waals surface area contributed by atoms with Gasteiger partial charge in [-0.15, -0.1) is 0 Å². The van der Waals surface area contributed by atoms with E-state index in [0.717, 1.165) is 75.2 Å². The highest BCUT2D eigenvalue weighted by Gasteiger charge is 2.13. The van der Waals surface area contributed by atoms with E-state index in [4.69, 9.17) is 15.7 Å². The summed E-state index contributed by atoms with van der Waals surface area (Å²) in [6.07, 6.45) is 6.78. The van der Waals surface area contributed by atoms with Crippen LogP contribution in [0.2, 0.25) is 0 Å². The zero-order valence-corrected chi connectivity index (χ0v) is 19.0. The molecule has 0 fully saturated rings. The van der Waals surface area contributed by atoms with E-state index in [-0.39, 0.29) is 0 Å². The van der Waals surface area contributed by atoms with Gasteiger partial charge in [0.2, 0.25) is 17.8 Å². The summed E-state index contributed by atoms with van der Waals surface area (Å²) in [4.78, 5) is 16.4.